The summed E-state index contributed by atoms with van der Waals surface area (Å²) in [6.45, 7) is 10.8. The van der Waals surface area contributed by atoms with Crippen LogP contribution in [0.2, 0.25) is 0 Å². The van der Waals surface area contributed by atoms with Crippen molar-refractivity contribution in [2.45, 2.75) is 72.0 Å². The number of fused-ring (bicyclic) bond motifs is 2. The van der Waals surface area contributed by atoms with Gasteiger partial charge in [0.05, 0.1) is 46.2 Å². The Balaban J connectivity index is 0.000000267. The summed E-state index contributed by atoms with van der Waals surface area (Å²) >= 11 is 3.09. The summed E-state index contributed by atoms with van der Waals surface area (Å²) in [4.78, 5) is 76.1. The summed E-state index contributed by atoms with van der Waals surface area (Å²) in [5.41, 5.74) is 2.19. The van der Waals surface area contributed by atoms with E-state index < -0.39 is 52.6 Å². The third kappa shape index (κ3) is 16.0. The molecule has 4 aromatic rings. The Kier molecular flexibility index (Phi) is 20.0. The summed E-state index contributed by atoms with van der Waals surface area (Å²) in [6.07, 6.45) is -0.664. The van der Waals surface area contributed by atoms with Crippen molar-refractivity contribution >= 4 is 63.4 Å². The molecule has 372 valence electrons. The van der Waals surface area contributed by atoms with Crippen LogP contribution in [0.15, 0.2) is 97.1 Å². The minimum atomic E-state index is -1.30. The molecule has 0 spiro atoms. The van der Waals surface area contributed by atoms with E-state index in [-0.39, 0.29) is 45.1 Å². The van der Waals surface area contributed by atoms with E-state index in [1.807, 2.05) is 91.0 Å². The average molecular weight is 1020 g/mol. The molecule has 0 saturated carbocycles. The Morgan fingerprint density at radius 1 is 0.609 bits per heavy atom. The van der Waals surface area contributed by atoms with Crippen LogP contribution >= 0.6 is 15.9 Å². The van der Waals surface area contributed by atoms with Gasteiger partial charge in [-0.3, -0.25) is 29.0 Å². The number of amides is 2. The Morgan fingerprint density at radius 3 is 1.54 bits per heavy atom. The largest absolute Gasteiger partial charge is 0.490 e. The number of benzene rings is 4. The molecule has 0 bridgehead atoms. The van der Waals surface area contributed by atoms with Crippen molar-refractivity contribution in [2.75, 3.05) is 69.9 Å². The molecule has 4 aromatic carbocycles. The van der Waals surface area contributed by atoms with Gasteiger partial charge in [0.15, 0.2) is 0 Å². The third-order valence-corrected chi connectivity index (χ3v) is 10.9. The molecular weight excluding hydrogens is 956 g/mol. The molecule has 2 atom stereocenters. The van der Waals surface area contributed by atoms with Crippen LogP contribution in [0.4, 0.5) is 21.0 Å². The number of rotatable bonds is 9. The van der Waals surface area contributed by atoms with Crippen LogP contribution in [0, 0.1) is 11.3 Å². The maximum Gasteiger partial charge on any atom is 0.414 e. The molecule has 16 nitrogen and oxygen atoms in total. The lowest BCUT2D eigenvalue weighted by Crippen LogP contribution is -2.49. The molecule has 17 heteroatoms. The highest BCUT2D eigenvalue weighted by Crippen LogP contribution is 2.42. The van der Waals surface area contributed by atoms with Gasteiger partial charge in [-0.2, -0.15) is 0 Å². The molecule has 0 aromatic heterocycles. The van der Waals surface area contributed by atoms with Crippen LogP contribution < -0.4 is 19.3 Å². The van der Waals surface area contributed by atoms with Gasteiger partial charge < -0.3 is 37.9 Å². The number of hydrogen-bond acceptors (Lipinski definition) is 14. The summed E-state index contributed by atoms with van der Waals surface area (Å²) < 4.78 is 42.3. The molecule has 2 aliphatic heterocycles. The zero-order valence-electron chi connectivity index (χ0n) is 41.0. The molecule has 0 fully saturated rings. The van der Waals surface area contributed by atoms with Crippen LogP contribution in [0.5, 0.6) is 11.5 Å². The van der Waals surface area contributed by atoms with E-state index in [0.29, 0.717) is 34.6 Å². The zero-order valence-corrected chi connectivity index (χ0v) is 42.5. The lowest BCUT2D eigenvalue weighted by molar-refractivity contribution is -0.155. The first kappa shape index (κ1) is 55.0. The van der Waals surface area contributed by atoms with Gasteiger partial charge in [0.25, 0.3) is 0 Å². The number of esters is 4. The van der Waals surface area contributed by atoms with Crippen molar-refractivity contribution < 1.29 is 66.7 Å². The Bertz CT molecular complexity index is 2380. The monoisotopic (exact) mass is 1020 g/mol. The third-order valence-electron chi connectivity index (χ3n) is 10.5. The van der Waals surface area contributed by atoms with Crippen molar-refractivity contribution in [2.24, 2.45) is 11.3 Å². The van der Waals surface area contributed by atoms with Crippen molar-refractivity contribution in [3.63, 3.8) is 0 Å². The first-order valence-electron chi connectivity index (χ1n) is 22.2. The first-order valence-corrected chi connectivity index (χ1v) is 23.3. The van der Waals surface area contributed by atoms with Crippen LogP contribution in [-0.4, -0.2) is 107 Å². The fraction of sp³-hybridized carbons (Fsp3) is 0.423. The maximum absolute atomic E-state index is 13.3. The van der Waals surface area contributed by atoms with Crippen molar-refractivity contribution in [3.05, 3.63) is 97.1 Å². The Hall–Kier alpha value is -6.62. The number of carbonyl (C=O) groups excluding carboxylic acids is 6. The number of halogens is 1. The predicted octanol–water partition coefficient (Wildman–Crippen LogP) is 9.82. The van der Waals surface area contributed by atoms with Gasteiger partial charge in [0, 0.05) is 24.8 Å². The highest BCUT2D eigenvalue weighted by atomic mass is 79.9. The van der Waals surface area contributed by atoms with E-state index in [2.05, 4.69) is 20.7 Å². The summed E-state index contributed by atoms with van der Waals surface area (Å²) in [7, 11) is 5.26. The second-order valence-electron chi connectivity index (χ2n) is 17.9. The molecule has 2 aliphatic rings. The molecule has 2 heterocycles. The van der Waals surface area contributed by atoms with Gasteiger partial charge in [-0.25, -0.2) is 9.59 Å². The summed E-state index contributed by atoms with van der Waals surface area (Å²) in [5.74, 6) is -1.30. The smallest absolute Gasteiger partial charge is 0.414 e. The fourth-order valence-corrected chi connectivity index (χ4v) is 7.36. The lowest BCUT2D eigenvalue weighted by atomic mass is 9.83. The molecule has 2 amide bonds. The van der Waals surface area contributed by atoms with E-state index in [1.165, 1.54) is 38.2 Å². The van der Waals surface area contributed by atoms with Crippen molar-refractivity contribution in [1.82, 2.24) is 0 Å². The number of methoxy groups -OCH3 is 4. The molecular formula is C52H63BrN2O14. The van der Waals surface area contributed by atoms with E-state index in [0.717, 1.165) is 22.3 Å². The number of nitrogens with zero attached hydrogens (tertiary/aromatic N) is 2. The topological polar surface area (TPSA) is 183 Å². The van der Waals surface area contributed by atoms with Gasteiger partial charge in [-0.15, -0.1) is 0 Å². The highest BCUT2D eigenvalue weighted by molar-refractivity contribution is 9.09. The molecule has 0 aliphatic carbocycles. The number of carbonyl (C=O) groups is 6. The SMILES string of the molecule is COC(=O)C1COc2cc(-c3ccccc3)ccc2N(C(=O)OC(C)(C)C)C1.COC(=O)CCBr.COC(=O)CCC1(C(=O)OC)COc2cc(-c3ccccc3)ccc2N(C(=O)OC(C)(C)C)C1. The highest BCUT2D eigenvalue weighted by Gasteiger charge is 2.47. The fourth-order valence-electron chi connectivity index (χ4n) is 7.03. The zero-order chi connectivity index (χ0) is 50.9. The normalized spacial score (nSPS) is 16.2. The van der Waals surface area contributed by atoms with Gasteiger partial charge in [-0.1, -0.05) is 88.7 Å². The van der Waals surface area contributed by atoms with E-state index in [4.69, 9.17) is 33.2 Å². The van der Waals surface area contributed by atoms with Crippen LogP contribution in [-0.2, 0) is 47.6 Å². The number of hydrogen-bond donors (Lipinski definition) is 0. The minimum absolute atomic E-state index is 0.0390. The summed E-state index contributed by atoms with van der Waals surface area (Å²) in [5, 5.41) is 0.680. The van der Waals surface area contributed by atoms with Gasteiger partial charge >= 0.3 is 36.1 Å². The molecule has 6 rings (SSSR count). The Labute approximate surface area is 412 Å². The van der Waals surface area contributed by atoms with Crippen molar-refractivity contribution in [1.29, 1.82) is 0 Å². The first-order chi connectivity index (χ1) is 32.7. The molecule has 0 N–H and O–H groups in total. The van der Waals surface area contributed by atoms with Crippen molar-refractivity contribution in [3.8, 4) is 33.8 Å². The molecule has 69 heavy (non-hydrogen) atoms. The number of anilines is 2. The van der Waals surface area contributed by atoms with Gasteiger partial charge in [-0.05, 0) is 94.5 Å². The molecule has 2 unspecified atom stereocenters. The van der Waals surface area contributed by atoms with E-state index in [1.54, 1.807) is 47.6 Å². The maximum atomic E-state index is 13.3. The number of ether oxygens (including phenoxy) is 8. The van der Waals surface area contributed by atoms with Gasteiger partial charge in [0.2, 0.25) is 0 Å². The second kappa shape index (κ2) is 25.1. The van der Waals surface area contributed by atoms with Crippen LogP contribution in [0.1, 0.15) is 60.8 Å². The lowest BCUT2D eigenvalue weighted by Gasteiger charge is -2.33. The minimum Gasteiger partial charge on any atom is -0.490 e. The van der Waals surface area contributed by atoms with E-state index >= 15 is 0 Å². The predicted molar refractivity (Wildman–Crippen MR) is 264 cm³/mol. The van der Waals surface area contributed by atoms with Gasteiger partial charge in [0.1, 0.15) is 47.2 Å². The summed E-state index contributed by atoms with van der Waals surface area (Å²) in [6, 6.07) is 30.7. The molecule has 0 radical (unpaired) electrons. The quantitative estimate of drug-likeness (QED) is 0.0877. The van der Waals surface area contributed by atoms with E-state index in [9.17, 15) is 28.8 Å². The number of alkyl halides is 1. The standard InChI is InChI=1S/C26H31NO7.C22H25NO5.C4H7BrO2/c1-25(2,3)34-24(30)27-16-26(23(29)32-5,14-13-22(28)31-4)17-33-21-15-19(11-12-20(21)27)18-9-7-6-8-10-18;1-22(2,3)28-21(25)23-13-17(20(24)26-4)14-27-19-12-16(10-11-18(19)23)15-8-6-5-7-9-15;1-7-4(6)2-3-5/h6-12,15H,13-14,16-17H2,1-5H3;5-12,17H,13-14H2,1-4H3;2-3H2,1H3. The Morgan fingerprint density at radius 2 is 1.09 bits per heavy atom. The van der Waals surface area contributed by atoms with Crippen LogP contribution in [0.25, 0.3) is 22.3 Å². The second-order valence-corrected chi connectivity index (χ2v) is 18.7. The molecule has 0 saturated heterocycles. The van der Waals surface area contributed by atoms with Crippen LogP contribution in [0.3, 0.4) is 0 Å². The average Bonchev–Trinajstić information content (AvgIpc) is 3.63.